The molecule has 0 amide bonds. The molecule has 2 nitrogen and oxygen atoms in total. The molecule has 2 aromatic carbocycles. The molecule has 120 valence electrons. The Labute approximate surface area is 141 Å². The number of hydrogen-bond donors (Lipinski definition) is 2. The molecule has 1 atom stereocenters. The number of aromatic nitrogens is 1. The Balaban J connectivity index is 0.00000156. The van der Waals surface area contributed by atoms with Gasteiger partial charge in [0.25, 0.3) is 0 Å². The molecule has 0 saturated heterocycles. The molecule has 1 aromatic heterocycles. The van der Waals surface area contributed by atoms with E-state index in [0.29, 0.717) is 6.04 Å². The highest BCUT2D eigenvalue weighted by Crippen LogP contribution is 2.32. The number of aryl methyl sites for hydroxylation is 1. The maximum atomic E-state index is 13.5. The largest absolute Gasteiger partial charge is 0.357 e. The van der Waals surface area contributed by atoms with Gasteiger partial charge >= 0.3 is 0 Å². The first-order valence-corrected chi connectivity index (χ1v) is 7.88. The lowest BCUT2D eigenvalue weighted by Crippen LogP contribution is -2.30. The van der Waals surface area contributed by atoms with Crippen LogP contribution in [0.4, 0.5) is 4.39 Å². The minimum atomic E-state index is -0.159. The van der Waals surface area contributed by atoms with Gasteiger partial charge in [0.15, 0.2) is 0 Å². The molecule has 3 aromatic rings. The van der Waals surface area contributed by atoms with Crippen LogP contribution in [0.2, 0.25) is 0 Å². The van der Waals surface area contributed by atoms with Gasteiger partial charge < -0.3 is 10.3 Å². The molecule has 2 heterocycles. The molecule has 0 radical (unpaired) electrons. The van der Waals surface area contributed by atoms with Crippen molar-refractivity contribution in [2.24, 2.45) is 0 Å². The maximum Gasteiger partial charge on any atom is 0.123 e. The first-order chi connectivity index (χ1) is 10.8. The third-order valence-electron chi connectivity index (χ3n) is 4.58. The molecule has 0 spiro atoms. The van der Waals surface area contributed by atoms with Gasteiger partial charge in [-0.2, -0.15) is 0 Å². The lowest BCUT2D eigenvalue weighted by Gasteiger charge is -2.24. The molecular weight excluding hydrogens is 311 g/mol. The van der Waals surface area contributed by atoms with Crippen molar-refractivity contribution < 1.29 is 4.39 Å². The second-order valence-electron chi connectivity index (χ2n) is 5.99. The van der Waals surface area contributed by atoms with E-state index in [4.69, 9.17) is 0 Å². The number of aromatic amines is 1. The average Bonchev–Trinajstić information content (AvgIpc) is 2.92. The second-order valence-corrected chi connectivity index (χ2v) is 5.99. The number of benzene rings is 2. The van der Waals surface area contributed by atoms with Crippen LogP contribution in [-0.2, 0) is 12.8 Å². The van der Waals surface area contributed by atoms with Crippen molar-refractivity contribution in [2.45, 2.75) is 25.3 Å². The van der Waals surface area contributed by atoms with Gasteiger partial charge in [-0.05, 0) is 55.1 Å². The van der Waals surface area contributed by atoms with Gasteiger partial charge in [0.05, 0.1) is 0 Å². The molecule has 1 aliphatic heterocycles. The summed E-state index contributed by atoms with van der Waals surface area (Å²) in [6.45, 7) is 0.954. The predicted octanol–water partition coefficient (Wildman–Crippen LogP) is 4.55. The normalized spacial score (nSPS) is 16.8. The minimum absolute atomic E-state index is 0. The number of nitrogens with one attached hydrogen (secondary N) is 2. The third-order valence-corrected chi connectivity index (χ3v) is 4.58. The van der Waals surface area contributed by atoms with Gasteiger partial charge in [-0.15, -0.1) is 12.4 Å². The number of hydrogen-bond acceptors (Lipinski definition) is 1. The van der Waals surface area contributed by atoms with E-state index in [9.17, 15) is 4.39 Å². The molecular formula is C19H20ClFN2. The Bertz CT molecular complexity index is 798. The zero-order valence-corrected chi connectivity index (χ0v) is 13.6. The quantitative estimate of drug-likeness (QED) is 0.724. The summed E-state index contributed by atoms with van der Waals surface area (Å²) >= 11 is 0. The number of rotatable bonds is 3. The molecule has 0 aliphatic carbocycles. The van der Waals surface area contributed by atoms with Crippen LogP contribution in [0.25, 0.3) is 10.9 Å². The van der Waals surface area contributed by atoms with Crippen LogP contribution in [0, 0.1) is 5.82 Å². The predicted molar refractivity (Wildman–Crippen MR) is 94.7 cm³/mol. The van der Waals surface area contributed by atoms with E-state index in [1.54, 1.807) is 6.07 Å². The summed E-state index contributed by atoms with van der Waals surface area (Å²) in [5, 5.41) is 4.64. The van der Waals surface area contributed by atoms with Crippen LogP contribution >= 0.6 is 12.4 Å². The van der Waals surface area contributed by atoms with Gasteiger partial charge in [-0.3, -0.25) is 0 Å². The molecule has 0 bridgehead atoms. The Morgan fingerprint density at radius 2 is 1.91 bits per heavy atom. The van der Waals surface area contributed by atoms with E-state index in [1.165, 1.54) is 22.9 Å². The molecule has 1 aliphatic rings. The fourth-order valence-electron chi connectivity index (χ4n) is 3.48. The van der Waals surface area contributed by atoms with Gasteiger partial charge in [0, 0.05) is 22.6 Å². The molecule has 4 heteroatoms. The van der Waals surface area contributed by atoms with E-state index in [0.717, 1.165) is 36.7 Å². The standard InChI is InChI=1S/C19H19FN2.ClH/c20-14-7-9-17-16(12-14)15-10-11-21-18(19(15)22-17)8-6-13-4-2-1-3-5-13;/h1-5,7,9,12,18,21-22H,6,8,10-11H2;1H. The van der Waals surface area contributed by atoms with E-state index < -0.39 is 0 Å². The Morgan fingerprint density at radius 1 is 1.09 bits per heavy atom. The summed E-state index contributed by atoms with van der Waals surface area (Å²) in [6, 6.07) is 15.9. The minimum Gasteiger partial charge on any atom is -0.357 e. The van der Waals surface area contributed by atoms with Crippen molar-refractivity contribution >= 4 is 23.3 Å². The first-order valence-electron chi connectivity index (χ1n) is 7.88. The van der Waals surface area contributed by atoms with Crippen molar-refractivity contribution in [3.8, 4) is 0 Å². The van der Waals surface area contributed by atoms with Gasteiger partial charge in [-0.1, -0.05) is 30.3 Å². The summed E-state index contributed by atoms with van der Waals surface area (Å²) in [4.78, 5) is 3.50. The van der Waals surface area contributed by atoms with Crippen LogP contribution in [0.15, 0.2) is 48.5 Å². The fourth-order valence-corrected chi connectivity index (χ4v) is 3.48. The van der Waals surface area contributed by atoms with E-state index in [-0.39, 0.29) is 18.2 Å². The van der Waals surface area contributed by atoms with E-state index in [1.807, 2.05) is 12.1 Å². The molecule has 2 N–H and O–H groups in total. The smallest absolute Gasteiger partial charge is 0.123 e. The van der Waals surface area contributed by atoms with Gasteiger partial charge in [0.1, 0.15) is 5.82 Å². The number of fused-ring (bicyclic) bond motifs is 3. The summed E-state index contributed by atoms with van der Waals surface area (Å²) in [6.07, 6.45) is 3.05. The lowest BCUT2D eigenvalue weighted by atomic mass is 9.95. The first kappa shape index (κ1) is 16.0. The number of H-pyrrole nitrogens is 1. The Kier molecular flexibility index (Phi) is 4.69. The molecule has 23 heavy (non-hydrogen) atoms. The summed E-state index contributed by atoms with van der Waals surface area (Å²) < 4.78 is 13.5. The average molecular weight is 331 g/mol. The topological polar surface area (TPSA) is 27.8 Å². The van der Waals surface area contributed by atoms with Crippen molar-refractivity contribution in [3.63, 3.8) is 0 Å². The zero-order valence-electron chi connectivity index (χ0n) is 12.8. The van der Waals surface area contributed by atoms with Crippen LogP contribution in [-0.4, -0.2) is 11.5 Å². The lowest BCUT2D eigenvalue weighted by molar-refractivity contribution is 0.468. The highest BCUT2D eigenvalue weighted by molar-refractivity contribution is 5.85. The molecule has 0 saturated carbocycles. The Morgan fingerprint density at radius 3 is 2.74 bits per heavy atom. The highest BCUT2D eigenvalue weighted by atomic mass is 35.5. The second kappa shape index (κ2) is 6.73. The van der Waals surface area contributed by atoms with Crippen molar-refractivity contribution in [1.29, 1.82) is 0 Å². The monoisotopic (exact) mass is 330 g/mol. The van der Waals surface area contributed by atoms with E-state index in [2.05, 4.69) is 34.6 Å². The van der Waals surface area contributed by atoms with Crippen LogP contribution in [0.5, 0.6) is 0 Å². The summed E-state index contributed by atoms with van der Waals surface area (Å²) in [7, 11) is 0. The van der Waals surface area contributed by atoms with Crippen LogP contribution in [0.1, 0.15) is 29.3 Å². The van der Waals surface area contributed by atoms with Crippen LogP contribution < -0.4 is 5.32 Å². The van der Waals surface area contributed by atoms with Gasteiger partial charge in [0.2, 0.25) is 0 Å². The molecule has 4 rings (SSSR count). The van der Waals surface area contributed by atoms with Crippen molar-refractivity contribution in [1.82, 2.24) is 10.3 Å². The van der Waals surface area contributed by atoms with Gasteiger partial charge in [-0.25, -0.2) is 4.39 Å². The fraction of sp³-hybridized carbons (Fsp3) is 0.263. The van der Waals surface area contributed by atoms with Crippen LogP contribution in [0.3, 0.4) is 0 Å². The third kappa shape index (κ3) is 3.12. The maximum absolute atomic E-state index is 13.5. The SMILES string of the molecule is Cl.Fc1ccc2[nH]c3c(c2c1)CCNC3CCc1ccccc1. The summed E-state index contributed by atoms with van der Waals surface area (Å²) in [5.74, 6) is -0.159. The molecule has 1 unspecified atom stereocenters. The Hall–Kier alpha value is -1.84. The van der Waals surface area contributed by atoms with Crippen molar-refractivity contribution in [3.05, 3.63) is 71.2 Å². The highest BCUT2D eigenvalue weighted by Gasteiger charge is 2.23. The van der Waals surface area contributed by atoms with E-state index >= 15 is 0 Å². The molecule has 0 fully saturated rings. The summed E-state index contributed by atoms with van der Waals surface area (Å²) in [5.41, 5.74) is 4.92. The van der Waals surface area contributed by atoms with Crippen molar-refractivity contribution in [2.75, 3.05) is 6.54 Å². The number of halogens is 2. The zero-order chi connectivity index (χ0) is 14.9.